The lowest BCUT2D eigenvalue weighted by Crippen LogP contribution is -2.60. The summed E-state index contributed by atoms with van der Waals surface area (Å²) in [7, 11) is 0. The molecule has 3 aliphatic rings. The molecule has 12 heteroatoms. The first-order valence-corrected chi connectivity index (χ1v) is 13.7. The van der Waals surface area contributed by atoms with Crippen LogP contribution < -0.4 is 10.8 Å². The van der Waals surface area contributed by atoms with E-state index in [1.54, 1.807) is 33.1 Å². The van der Waals surface area contributed by atoms with Crippen molar-refractivity contribution in [2.24, 2.45) is 10.9 Å². The highest BCUT2D eigenvalue weighted by Gasteiger charge is 2.49. The molecule has 3 atom stereocenters. The molecular weight excluding hydrogens is 477 g/mol. The van der Waals surface area contributed by atoms with Gasteiger partial charge in [-0.25, -0.2) is 9.07 Å². The molecule has 34 heavy (non-hydrogen) atoms. The van der Waals surface area contributed by atoms with Crippen molar-refractivity contribution in [3.05, 3.63) is 34.5 Å². The summed E-state index contributed by atoms with van der Waals surface area (Å²) in [6, 6.07) is 0. The van der Waals surface area contributed by atoms with Gasteiger partial charge in [-0.05, 0) is 49.3 Å². The van der Waals surface area contributed by atoms with Crippen molar-refractivity contribution in [2.75, 3.05) is 19.3 Å². The van der Waals surface area contributed by atoms with Crippen molar-refractivity contribution in [3.63, 3.8) is 0 Å². The largest absolute Gasteiger partial charge is 0.356 e. The van der Waals surface area contributed by atoms with Gasteiger partial charge < -0.3 is 5.32 Å². The Morgan fingerprint density at radius 1 is 1.47 bits per heavy atom. The zero-order valence-electron chi connectivity index (χ0n) is 19.5. The maximum absolute atomic E-state index is 13.8. The van der Waals surface area contributed by atoms with Crippen molar-refractivity contribution >= 4 is 36.0 Å². The molecule has 2 heterocycles. The third kappa shape index (κ3) is 5.77. The molecule has 186 valence electrons. The minimum absolute atomic E-state index is 0.0450. The minimum Gasteiger partial charge on any atom is -0.356 e. The van der Waals surface area contributed by atoms with Crippen molar-refractivity contribution in [2.45, 2.75) is 63.4 Å². The second kappa shape index (κ2) is 11.6. The van der Waals surface area contributed by atoms with Crippen LogP contribution in [0.5, 0.6) is 0 Å². The van der Waals surface area contributed by atoms with Crippen LogP contribution in [0.2, 0.25) is 0 Å². The zero-order chi connectivity index (χ0) is 24.0. The molecule has 4 rings (SSSR count). The smallest absolute Gasteiger partial charge is 0.281 e. The molecule has 1 aromatic rings. The zero-order valence-corrected chi connectivity index (χ0v) is 21.2. The van der Waals surface area contributed by atoms with Gasteiger partial charge in [0, 0.05) is 36.2 Å². The fraction of sp³-hybridized carbons (Fsp3) is 0.636. The summed E-state index contributed by atoms with van der Waals surface area (Å²) in [5.41, 5.74) is 2.56. The first-order valence-electron chi connectivity index (χ1n) is 11.7. The number of allylic oxidation sites excluding steroid dienone is 1. The number of hydrogen-bond acceptors (Lipinski definition) is 8. The SMILES string of the molecule is CCN1SC(=CCN=CNOC2CC2F)CC(NC(=CSC)C2CCCC2)(n2ccnn2)C1=O. The van der Waals surface area contributed by atoms with Gasteiger partial charge in [0.05, 0.1) is 12.7 Å². The summed E-state index contributed by atoms with van der Waals surface area (Å²) in [4.78, 5) is 24.2. The first-order chi connectivity index (χ1) is 16.6. The number of rotatable bonds is 11. The van der Waals surface area contributed by atoms with Gasteiger partial charge in [0.25, 0.3) is 5.91 Å². The normalized spacial score (nSPS) is 29.4. The third-order valence-corrected chi connectivity index (χ3v) is 7.85. The number of thioether (sulfide) groups is 1. The van der Waals surface area contributed by atoms with Crippen molar-refractivity contribution in [3.8, 4) is 0 Å². The van der Waals surface area contributed by atoms with E-state index in [4.69, 9.17) is 4.84 Å². The fourth-order valence-electron chi connectivity index (χ4n) is 4.27. The Labute approximate surface area is 208 Å². The maximum Gasteiger partial charge on any atom is 0.281 e. The number of nitrogens with one attached hydrogen (secondary N) is 2. The summed E-state index contributed by atoms with van der Waals surface area (Å²) in [6.45, 7) is 2.91. The third-order valence-electron chi connectivity index (χ3n) is 6.18. The number of likely N-dealkylation sites (N-methyl/N-ethyl adjacent to an activating group) is 1. The quantitative estimate of drug-likeness (QED) is 0.203. The van der Waals surface area contributed by atoms with Crippen LogP contribution in [0.3, 0.4) is 0 Å². The van der Waals surface area contributed by atoms with E-state index in [0.717, 1.165) is 23.4 Å². The molecule has 0 spiro atoms. The first kappa shape index (κ1) is 25.1. The Morgan fingerprint density at radius 2 is 2.26 bits per heavy atom. The van der Waals surface area contributed by atoms with Gasteiger partial charge in [-0.1, -0.05) is 24.1 Å². The van der Waals surface area contributed by atoms with Gasteiger partial charge in [-0.15, -0.1) is 16.9 Å². The van der Waals surface area contributed by atoms with Crippen molar-refractivity contribution in [1.82, 2.24) is 30.1 Å². The van der Waals surface area contributed by atoms with E-state index in [1.165, 1.54) is 31.1 Å². The number of hydrogen-bond donors (Lipinski definition) is 2. The topological polar surface area (TPSA) is 96.7 Å². The molecule has 1 saturated heterocycles. The summed E-state index contributed by atoms with van der Waals surface area (Å²) in [5, 5.41) is 14.0. The van der Waals surface area contributed by atoms with Crippen LogP contribution >= 0.6 is 23.7 Å². The van der Waals surface area contributed by atoms with E-state index >= 15 is 0 Å². The summed E-state index contributed by atoms with van der Waals surface area (Å²) < 4.78 is 16.3. The Bertz CT molecular complexity index is 920. The van der Waals surface area contributed by atoms with Crippen molar-refractivity contribution < 1.29 is 14.0 Å². The van der Waals surface area contributed by atoms with Crippen LogP contribution in [0.15, 0.2) is 39.5 Å². The van der Waals surface area contributed by atoms with E-state index in [1.807, 2.05) is 19.3 Å². The molecule has 2 N–H and O–H groups in total. The van der Waals surface area contributed by atoms with E-state index in [2.05, 4.69) is 31.5 Å². The van der Waals surface area contributed by atoms with Gasteiger partial charge in [0.15, 0.2) is 0 Å². The monoisotopic (exact) mass is 509 g/mol. The summed E-state index contributed by atoms with van der Waals surface area (Å²) >= 11 is 3.08. The molecule has 1 amide bonds. The van der Waals surface area contributed by atoms with Gasteiger partial charge in [0.1, 0.15) is 18.6 Å². The highest BCUT2D eigenvalue weighted by atomic mass is 32.2. The Balaban J connectivity index is 1.55. The van der Waals surface area contributed by atoms with Gasteiger partial charge in [-0.2, -0.15) is 0 Å². The molecule has 0 radical (unpaired) electrons. The van der Waals surface area contributed by atoms with Crippen LogP contribution in [0.1, 0.15) is 45.4 Å². The molecule has 0 aromatic carbocycles. The van der Waals surface area contributed by atoms with Gasteiger partial charge in [0.2, 0.25) is 5.66 Å². The number of hydroxylamine groups is 1. The Morgan fingerprint density at radius 3 is 2.91 bits per heavy atom. The highest BCUT2D eigenvalue weighted by Crippen LogP contribution is 2.42. The summed E-state index contributed by atoms with van der Waals surface area (Å²) in [6.07, 6.45) is 13.0. The van der Waals surface area contributed by atoms with Gasteiger partial charge in [-0.3, -0.25) is 24.4 Å². The van der Waals surface area contributed by atoms with Crippen LogP contribution in [0.4, 0.5) is 4.39 Å². The number of nitrogens with zero attached hydrogens (tertiary/aromatic N) is 5. The number of halogens is 1. The van der Waals surface area contributed by atoms with Crippen LogP contribution in [-0.4, -0.2) is 63.2 Å². The number of carbonyl (C=O) groups is 1. The highest BCUT2D eigenvalue weighted by molar-refractivity contribution is 8.01. The number of carbonyl (C=O) groups excluding carboxylic acids is 1. The fourth-order valence-corrected chi connectivity index (χ4v) is 5.84. The minimum atomic E-state index is -1.10. The average molecular weight is 510 g/mol. The number of alkyl halides is 1. The molecule has 0 bridgehead atoms. The van der Waals surface area contributed by atoms with Crippen LogP contribution in [-0.2, 0) is 15.3 Å². The Hall–Kier alpha value is -2.05. The van der Waals surface area contributed by atoms with E-state index in [9.17, 15) is 9.18 Å². The molecule has 3 unspecified atom stereocenters. The predicted molar refractivity (Wildman–Crippen MR) is 133 cm³/mol. The van der Waals surface area contributed by atoms with Crippen LogP contribution in [0.25, 0.3) is 0 Å². The van der Waals surface area contributed by atoms with E-state index in [-0.39, 0.29) is 12.0 Å². The second-order valence-corrected chi connectivity index (χ2v) is 10.4. The molecule has 9 nitrogen and oxygen atoms in total. The predicted octanol–water partition coefficient (Wildman–Crippen LogP) is 3.36. The molecule has 3 fully saturated rings. The van der Waals surface area contributed by atoms with Crippen LogP contribution in [0, 0.1) is 5.92 Å². The van der Waals surface area contributed by atoms with Crippen molar-refractivity contribution in [1.29, 1.82) is 0 Å². The second-order valence-electron chi connectivity index (χ2n) is 8.58. The number of amides is 1. The Kier molecular flexibility index (Phi) is 8.54. The molecule has 1 aromatic heterocycles. The molecule has 1 aliphatic heterocycles. The molecule has 2 aliphatic carbocycles. The molecule has 2 saturated carbocycles. The molecular formula is C22H32FN7O2S2. The van der Waals surface area contributed by atoms with Gasteiger partial charge >= 0.3 is 0 Å². The van der Waals surface area contributed by atoms with E-state index < -0.39 is 11.8 Å². The summed E-state index contributed by atoms with van der Waals surface area (Å²) in [5.74, 6) is 0.361. The standard InChI is InChI=1S/C22H32FN7O2S2/c1-3-29-21(31)22(30-11-10-25-28-30,27-19(14-33-2)16-6-4-5-7-16)13-17(34-29)8-9-24-15-26-32-20-12-18(20)23/h8,10-11,14-16,18,20,27H,3-7,9,12-13H2,1-2H3,(H,24,26). The maximum atomic E-state index is 13.8. The number of aromatic nitrogens is 3. The lowest BCUT2D eigenvalue weighted by Gasteiger charge is -2.43. The lowest BCUT2D eigenvalue weighted by atomic mass is 9.98. The lowest BCUT2D eigenvalue weighted by molar-refractivity contribution is -0.138. The van der Waals surface area contributed by atoms with E-state index in [0.29, 0.717) is 31.8 Å². The average Bonchev–Trinajstić information content (AvgIpc) is 3.28. The number of aliphatic imine (C=N–C) groups is 1.